The predicted molar refractivity (Wildman–Crippen MR) is 92.5 cm³/mol. The van der Waals surface area contributed by atoms with Crippen LogP contribution in [0.5, 0.6) is 0 Å². The van der Waals surface area contributed by atoms with E-state index in [-0.39, 0.29) is 17.5 Å². The van der Waals surface area contributed by atoms with Gasteiger partial charge in [-0.2, -0.15) is 0 Å². The fourth-order valence-electron chi connectivity index (χ4n) is 1.85. The zero-order chi connectivity index (χ0) is 16.8. The van der Waals surface area contributed by atoms with Crippen LogP contribution in [0.25, 0.3) is 6.08 Å². The molecule has 4 nitrogen and oxygen atoms in total. The first-order chi connectivity index (χ1) is 11.0. The zero-order valence-electron chi connectivity index (χ0n) is 12.3. The van der Waals surface area contributed by atoms with Crippen molar-refractivity contribution >= 4 is 45.2 Å². The molecule has 0 aliphatic heterocycles. The largest absolute Gasteiger partial charge is 0.324 e. The minimum atomic E-state index is -0.568. The lowest BCUT2D eigenvalue weighted by molar-refractivity contribution is -0.114. The molecular formula is C17H14BrFN2O2. The van der Waals surface area contributed by atoms with Gasteiger partial charge in [-0.1, -0.05) is 34.1 Å². The third-order valence-corrected chi connectivity index (χ3v) is 3.59. The fourth-order valence-corrected chi connectivity index (χ4v) is 2.27. The molecule has 0 aromatic heterocycles. The second-order valence-electron chi connectivity index (χ2n) is 4.72. The van der Waals surface area contributed by atoms with Crippen molar-refractivity contribution in [2.45, 2.75) is 6.92 Å². The molecule has 2 rings (SSSR count). The Morgan fingerprint density at radius 3 is 2.57 bits per heavy atom. The van der Waals surface area contributed by atoms with E-state index >= 15 is 0 Å². The van der Waals surface area contributed by atoms with Gasteiger partial charge in [-0.15, -0.1) is 0 Å². The van der Waals surface area contributed by atoms with Gasteiger partial charge in [-0.05, 0) is 35.9 Å². The number of anilines is 2. The Hall–Kier alpha value is -2.47. The highest BCUT2D eigenvalue weighted by atomic mass is 79.9. The van der Waals surface area contributed by atoms with E-state index in [0.717, 1.165) is 10.0 Å². The minimum absolute atomic E-state index is 0.0186. The van der Waals surface area contributed by atoms with Crippen LogP contribution in [0, 0.1) is 5.82 Å². The molecule has 0 unspecified atom stereocenters. The Balaban J connectivity index is 2.08. The van der Waals surface area contributed by atoms with E-state index in [1.54, 1.807) is 6.08 Å². The van der Waals surface area contributed by atoms with Gasteiger partial charge in [0, 0.05) is 23.2 Å². The van der Waals surface area contributed by atoms with Crippen molar-refractivity contribution in [2.75, 3.05) is 10.6 Å². The second-order valence-corrected chi connectivity index (χ2v) is 5.57. The van der Waals surface area contributed by atoms with Gasteiger partial charge in [0.05, 0.1) is 5.69 Å². The molecule has 0 atom stereocenters. The lowest BCUT2D eigenvalue weighted by atomic mass is 10.2. The molecule has 0 aliphatic rings. The lowest BCUT2D eigenvalue weighted by Gasteiger charge is -2.07. The quantitative estimate of drug-likeness (QED) is 0.785. The summed E-state index contributed by atoms with van der Waals surface area (Å²) in [5.74, 6) is -1.32. The number of hydrogen-bond acceptors (Lipinski definition) is 2. The number of carbonyl (C=O) groups is 2. The second kappa shape index (κ2) is 7.69. The van der Waals surface area contributed by atoms with E-state index in [2.05, 4.69) is 26.6 Å². The van der Waals surface area contributed by atoms with Crippen LogP contribution in [0.15, 0.2) is 53.0 Å². The standard InChI is InChI=1S/C17H14BrFN2O2/c1-11(22)20-16-10-13(7-8-15(16)19)21-17(23)9-6-12-4-2-3-5-14(12)18/h2-10H,1H3,(H,20,22)(H,21,23)/b9-6+. The van der Waals surface area contributed by atoms with Gasteiger partial charge in [-0.3, -0.25) is 9.59 Å². The average Bonchev–Trinajstić information content (AvgIpc) is 2.49. The first-order valence-electron chi connectivity index (χ1n) is 6.76. The van der Waals surface area contributed by atoms with E-state index < -0.39 is 5.82 Å². The molecule has 23 heavy (non-hydrogen) atoms. The molecule has 0 bridgehead atoms. The van der Waals surface area contributed by atoms with Gasteiger partial charge < -0.3 is 10.6 Å². The molecule has 0 saturated carbocycles. The fraction of sp³-hybridized carbons (Fsp3) is 0.0588. The van der Waals surface area contributed by atoms with Crippen molar-refractivity contribution in [1.82, 2.24) is 0 Å². The summed E-state index contributed by atoms with van der Waals surface area (Å²) in [6.07, 6.45) is 3.04. The summed E-state index contributed by atoms with van der Waals surface area (Å²) in [6, 6.07) is 11.4. The van der Waals surface area contributed by atoms with Crippen LogP contribution in [0.1, 0.15) is 12.5 Å². The molecular weight excluding hydrogens is 363 g/mol. The first kappa shape index (κ1) is 16.9. The number of amides is 2. The van der Waals surface area contributed by atoms with Crippen LogP contribution in [-0.2, 0) is 9.59 Å². The van der Waals surface area contributed by atoms with Gasteiger partial charge in [0.15, 0.2) is 0 Å². The molecule has 2 N–H and O–H groups in total. The van der Waals surface area contributed by atoms with Crippen molar-refractivity contribution in [3.05, 3.63) is 64.4 Å². The molecule has 0 saturated heterocycles. The highest BCUT2D eigenvalue weighted by Gasteiger charge is 2.06. The number of carbonyl (C=O) groups excluding carboxylic acids is 2. The molecule has 0 fully saturated rings. The van der Waals surface area contributed by atoms with Gasteiger partial charge in [0.2, 0.25) is 11.8 Å². The molecule has 0 radical (unpaired) electrons. The number of benzene rings is 2. The van der Waals surface area contributed by atoms with Crippen molar-refractivity contribution in [1.29, 1.82) is 0 Å². The van der Waals surface area contributed by atoms with Crippen molar-refractivity contribution in [3.8, 4) is 0 Å². The van der Waals surface area contributed by atoms with E-state index in [1.807, 2.05) is 24.3 Å². The van der Waals surface area contributed by atoms with Crippen LogP contribution in [0.3, 0.4) is 0 Å². The maximum absolute atomic E-state index is 13.5. The molecule has 2 aromatic carbocycles. The predicted octanol–water partition coefficient (Wildman–Crippen LogP) is 4.20. The summed E-state index contributed by atoms with van der Waals surface area (Å²) in [6.45, 7) is 1.28. The average molecular weight is 377 g/mol. The number of hydrogen-bond donors (Lipinski definition) is 2. The highest BCUT2D eigenvalue weighted by Crippen LogP contribution is 2.20. The topological polar surface area (TPSA) is 58.2 Å². The van der Waals surface area contributed by atoms with Gasteiger partial charge in [0.25, 0.3) is 0 Å². The molecule has 2 amide bonds. The van der Waals surface area contributed by atoms with E-state index in [0.29, 0.717) is 5.69 Å². The number of halogens is 2. The summed E-state index contributed by atoms with van der Waals surface area (Å²) in [7, 11) is 0. The van der Waals surface area contributed by atoms with Crippen LogP contribution in [-0.4, -0.2) is 11.8 Å². The third-order valence-electron chi connectivity index (χ3n) is 2.86. The van der Waals surface area contributed by atoms with Crippen molar-refractivity contribution < 1.29 is 14.0 Å². The summed E-state index contributed by atoms with van der Waals surface area (Å²) >= 11 is 3.39. The van der Waals surface area contributed by atoms with Gasteiger partial charge in [0.1, 0.15) is 5.82 Å². The number of nitrogens with one attached hydrogen (secondary N) is 2. The van der Waals surface area contributed by atoms with Crippen LogP contribution in [0.4, 0.5) is 15.8 Å². The Kier molecular flexibility index (Phi) is 5.65. The Labute approximate surface area is 141 Å². The van der Waals surface area contributed by atoms with Gasteiger partial charge in [-0.25, -0.2) is 4.39 Å². The summed E-state index contributed by atoms with van der Waals surface area (Å²) in [4.78, 5) is 22.9. The van der Waals surface area contributed by atoms with E-state index in [4.69, 9.17) is 0 Å². The Morgan fingerprint density at radius 2 is 1.87 bits per heavy atom. The van der Waals surface area contributed by atoms with Crippen molar-refractivity contribution in [3.63, 3.8) is 0 Å². The zero-order valence-corrected chi connectivity index (χ0v) is 13.9. The molecule has 2 aromatic rings. The van der Waals surface area contributed by atoms with Crippen LogP contribution >= 0.6 is 15.9 Å². The molecule has 0 aliphatic carbocycles. The SMILES string of the molecule is CC(=O)Nc1cc(NC(=O)/C=C/c2ccccc2Br)ccc1F. The maximum atomic E-state index is 13.5. The van der Waals surface area contributed by atoms with Crippen LogP contribution < -0.4 is 10.6 Å². The summed E-state index contributed by atoms with van der Waals surface area (Å²) in [5, 5.41) is 4.98. The molecule has 0 heterocycles. The van der Waals surface area contributed by atoms with E-state index in [9.17, 15) is 14.0 Å². The maximum Gasteiger partial charge on any atom is 0.248 e. The van der Waals surface area contributed by atoms with E-state index in [1.165, 1.54) is 31.2 Å². The normalized spacial score (nSPS) is 10.6. The first-order valence-corrected chi connectivity index (χ1v) is 7.56. The third kappa shape index (κ3) is 5.03. The lowest BCUT2D eigenvalue weighted by Crippen LogP contribution is -2.10. The number of rotatable bonds is 4. The smallest absolute Gasteiger partial charge is 0.248 e. The highest BCUT2D eigenvalue weighted by molar-refractivity contribution is 9.10. The van der Waals surface area contributed by atoms with Crippen molar-refractivity contribution in [2.24, 2.45) is 0 Å². The molecule has 6 heteroatoms. The molecule has 0 spiro atoms. The van der Waals surface area contributed by atoms with Gasteiger partial charge >= 0.3 is 0 Å². The monoisotopic (exact) mass is 376 g/mol. The summed E-state index contributed by atoms with van der Waals surface area (Å²) < 4.78 is 14.4. The van der Waals surface area contributed by atoms with Crippen LogP contribution in [0.2, 0.25) is 0 Å². The Bertz CT molecular complexity index is 775. The minimum Gasteiger partial charge on any atom is -0.324 e. The Morgan fingerprint density at radius 1 is 1.13 bits per heavy atom. The summed E-state index contributed by atoms with van der Waals surface area (Å²) in [5.41, 5.74) is 1.27. The molecule has 118 valence electrons.